The Bertz CT molecular complexity index is 1180. The molecule has 7 heteroatoms. The van der Waals surface area contributed by atoms with Gasteiger partial charge in [-0.25, -0.2) is 9.48 Å². The van der Waals surface area contributed by atoms with Crippen LogP contribution in [0.4, 0.5) is 21.9 Å². The lowest BCUT2D eigenvalue weighted by molar-refractivity contribution is 0.0946. The number of anilines is 3. The fourth-order valence-corrected chi connectivity index (χ4v) is 3.11. The minimum Gasteiger partial charge on any atom is -0.355 e. The first kappa shape index (κ1) is 18.9. The van der Waals surface area contributed by atoms with Gasteiger partial charge in [-0.2, -0.15) is 5.10 Å². The molecule has 1 heterocycles. The van der Waals surface area contributed by atoms with E-state index in [4.69, 9.17) is 5.73 Å². The van der Waals surface area contributed by atoms with Crippen molar-refractivity contribution in [2.24, 2.45) is 5.73 Å². The predicted molar refractivity (Wildman–Crippen MR) is 117 cm³/mol. The minimum absolute atomic E-state index is 0.210. The maximum Gasteiger partial charge on any atom is 0.316 e. The van der Waals surface area contributed by atoms with Gasteiger partial charge in [-0.05, 0) is 53.6 Å². The summed E-state index contributed by atoms with van der Waals surface area (Å²) in [6, 6.07) is 23.6. The van der Waals surface area contributed by atoms with E-state index in [1.165, 1.54) is 4.68 Å². The molecule has 0 unspecified atom stereocenters. The third-order valence-corrected chi connectivity index (χ3v) is 4.50. The molecular formula is C23H19N5O2. The molecule has 0 fully saturated rings. The van der Waals surface area contributed by atoms with Crippen molar-refractivity contribution in [1.29, 1.82) is 0 Å². The standard InChI is InChI=1S/C23H19N5O2/c24-23(30)27-19-6-3-5-17(15-19)16-9-11-18(12-10-16)26-21-8-2-1-7-20(21)22(29)28-14-4-13-25-28/h1-15,26H,(H3,24,27,30). The first-order chi connectivity index (χ1) is 14.6. The van der Waals surface area contributed by atoms with Crippen LogP contribution in [0.1, 0.15) is 10.4 Å². The molecule has 0 saturated carbocycles. The molecule has 1 aromatic heterocycles. The molecule has 0 saturated heterocycles. The van der Waals surface area contributed by atoms with Crippen LogP contribution in [0.5, 0.6) is 0 Å². The first-order valence-electron chi connectivity index (χ1n) is 9.27. The van der Waals surface area contributed by atoms with Gasteiger partial charge in [0.1, 0.15) is 0 Å². The fraction of sp³-hybridized carbons (Fsp3) is 0. The zero-order valence-corrected chi connectivity index (χ0v) is 15.9. The van der Waals surface area contributed by atoms with Gasteiger partial charge in [0.15, 0.2) is 0 Å². The number of amides is 2. The van der Waals surface area contributed by atoms with Crippen molar-refractivity contribution in [2.45, 2.75) is 0 Å². The number of carbonyl (C=O) groups excluding carboxylic acids is 2. The Kier molecular flexibility index (Phi) is 5.25. The average molecular weight is 397 g/mol. The maximum absolute atomic E-state index is 12.7. The number of benzene rings is 3. The van der Waals surface area contributed by atoms with E-state index >= 15 is 0 Å². The van der Waals surface area contributed by atoms with Crippen molar-refractivity contribution in [3.05, 3.63) is 96.8 Å². The number of primary amides is 1. The Morgan fingerprint density at radius 2 is 1.63 bits per heavy atom. The summed E-state index contributed by atoms with van der Waals surface area (Å²) >= 11 is 0. The van der Waals surface area contributed by atoms with Crippen LogP contribution in [0, 0.1) is 0 Å². The molecule has 0 aliphatic heterocycles. The van der Waals surface area contributed by atoms with E-state index in [-0.39, 0.29) is 5.91 Å². The van der Waals surface area contributed by atoms with E-state index in [2.05, 4.69) is 15.7 Å². The molecule has 0 atom stereocenters. The van der Waals surface area contributed by atoms with Gasteiger partial charge < -0.3 is 16.4 Å². The van der Waals surface area contributed by atoms with E-state index in [1.807, 2.05) is 60.7 Å². The largest absolute Gasteiger partial charge is 0.355 e. The highest BCUT2D eigenvalue weighted by Crippen LogP contribution is 2.26. The van der Waals surface area contributed by atoms with Crippen LogP contribution in [0.25, 0.3) is 11.1 Å². The highest BCUT2D eigenvalue weighted by atomic mass is 16.2. The Labute approximate surface area is 173 Å². The lowest BCUT2D eigenvalue weighted by Gasteiger charge is -2.12. The summed E-state index contributed by atoms with van der Waals surface area (Å²) in [5, 5.41) is 9.89. The zero-order valence-electron chi connectivity index (χ0n) is 15.9. The summed E-state index contributed by atoms with van der Waals surface area (Å²) < 4.78 is 1.30. The van der Waals surface area contributed by atoms with E-state index in [0.29, 0.717) is 16.9 Å². The number of carbonyl (C=O) groups is 2. The third-order valence-electron chi connectivity index (χ3n) is 4.50. The molecule has 0 bridgehead atoms. The summed E-state index contributed by atoms with van der Waals surface area (Å²) in [7, 11) is 0. The van der Waals surface area contributed by atoms with E-state index in [9.17, 15) is 9.59 Å². The van der Waals surface area contributed by atoms with Crippen molar-refractivity contribution in [1.82, 2.24) is 9.78 Å². The zero-order chi connectivity index (χ0) is 20.9. The predicted octanol–water partition coefficient (Wildman–Crippen LogP) is 4.47. The molecule has 0 aliphatic carbocycles. The van der Waals surface area contributed by atoms with Gasteiger partial charge in [-0.1, -0.05) is 36.4 Å². The van der Waals surface area contributed by atoms with Crippen LogP contribution in [0.3, 0.4) is 0 Å². The second-order valence-corrected chi connectivity index (χ2v) is 6.57. The normalized spacial score (nSPS) is 10.4. The van der Waals surface area contributed by atoms with Gasteiger partial charge in [-0.15, -0.1) is 0 Å². The molecule has 4 aromatic rings. The van der Waals surface area contributed by atoms with E-state index in [1.54, 1.807) is 30.6 Å². The Morgan fingerprint density at radius 3 is 2.37 bits per heavy atom. The highest BCUT2D eigenvalue weighted by molar-refractivity contribution is 6.01. The summed E-state index contributed by atoms with van der Waals surface area (Å²) in [5.41, 5.74) is 9.80. The summed E-state index contributed by atoms with van der Waals surface area (Å²) in [6.07, 6.45) is 3.19. The number of urea groups is 1. The molecule has 0 spiro atoms. The van der Waals surface area contributed by atoms with Gasteiger partial charge in [0, 0.05) is 23.8 Å². The molecule has 2 amide bonds. The van der Waals surface area contributed by atoms with Crippen LogP contribution in [0.15, 0.2) is 91.3 Å². The Balaban J connectivity index is 1.55. The van der Waals surface area contributed by atoms with Gasteiger partial charge in [0.05, 0.1) is 11.3 Å². The van der Waals surface area contributed by atoms with Crippen molar-refractivity contribution in [3.8, 4) is 11.1 Å². The van der Waals surface area contributed by atoms with E-state index in [0.717, 1.165) is 16.8 Å². The van der Waals surface area contributed by atoms with Crippen molar-refractivity contribution < 1.29 is 9.59 Å². The molecule has 148 valence electrons. The molecule has 7 nitrogen and oxygen atoms in total. The van der Waals surface area contributed by atoms with Gasteiger partial charge in [-0.3, -0.25) is 4.79 Å². The number of aromatic nitrogens is 2. The van der Waals surface area contributed by atoms with Crippen molar-refractivity contribution in [3.63, 3.8) is 0 Å². The molecule has 0 aliphatic rings. The molecular weight excluding hydrogens is 378 g/mol. The monoisotopic (exact) mass is 397 g/mol. The van der Waals surface area contributed by atoms with Crippen LogP contribution >= 0.6 is 0 Å². The number of hydrogen-bond donors (Lipinski definition) is 3. The SMILES string of the molecule is NC(=O)Nc1cccc(-c2ccc(Nc3ccccc3C(=O)n3cccn3)cc2)c1. The van der Waals surface area contributed by atoms with Crippen molar-refractivity contribution in [2.75, 3.05) is 10.6 Å². The smallest absolute Gasteiger partial charge is 0.316 e. The van der Waals surface area contributed by atoms with Gasteiger partial charge in [0.2, 0.25) is 0 Å². The van der Waals surface area contributed by atoms with Crippen LogP contribution in [-0.4, -0.2) is 21.7 Å². The summed E-state index contributed by atoms with van der Waals surface area (Å²) in [6.45, 7) is 0. The molecule has 30 heavy (non-hydrogen) atoms. The number of nitrogens with two attached hydrogens (primary N) is 1. The number of nitrogens with zero attached hydrogens (tertiary/aromatic N) is 2. The third kappa shape index (κ3) is 4.20. The molecule has 3 aromatic carbocycles. The Morgan fingerprint density at radius 1 is 0.833 bits per heavy atom. The first-order valence-corrected chi connectivity index (χ1v) is 9.27. The fourth-order valence-electron chi connectivity index (χ4n) is 3.11. The topological polar surface area (TPSA) is 102 Å². The van der Waals surface area contributed by atoms with Crippen LogP contribution in [-0.2, 0) is 0 Å². The quantitative estimate of drug-likeness (QED) is 0.462. The lowest BCUT2D eigenvalue weighted by atomic mass is 10.0. The second-order valence-electron chi connectivity index (χ2n) is 6.57. The second kappa shape index (κ2) is 8.32. The number of nitrogens with one attached hydrogen (secondary N) is 2. The van der Waals surface area contributed by atoms with Crippen LogP contribution in [0.2, 0.25) is 0 Å². The van der Waals surface area contributed by atoms with Crippen molar-refractivity contribution >= 4 is 29.0 Å². The molecule has 4 N–H and O–H groups in total. The minimum atomic E-state index is -0.602. The molecule has 0 radical (unpaired) electrons. The number of rotatable bonds is 5. The average Bonchev–Trinajstić information content (AvgIpc) is 3.29. The summed E-state index contributed by atoms with van der Waals surface area (Å²) in [5.74, 6) is -0.210. The lowest BCUT2D eigenvalue weighted by Crippen LogP contribution is -2.19. The Hall–Kier alpha value is -4.39. The highest BCUT2D eigenvalue weighted by Gasteiger charge is 2.13. The van der Waals surface area contributed by atoms with E-state index < -0.39 is 6.03 Å². The number of hydrogen-bond acceptors (Lipinski definition) is 4. The van der Waals surface area contributed by atoms with Gasteiger partial charge in [0.25, 0.3) is 5.91 Å². The maximum atomic E-state index is 12.7. The van der Waals surface area contributed by atoms with Gasteiger partial charge >= 0.3 is 6.03 Å². The summed E-state index contributed by atoms with van der Waals surface area (Å²) in [4.78, 5) is 23.7. The number of para-hydroxylation sites is 1. The molecule has 4 rings (SSSR count). The van der Waals surface area contributed by atoms with Crippen LogP contribution < -0.4 is 16.4 Å².